The summed E-state index contributed by atoms with van der Waals surface area (Å²) in [6.07, 6.45) is 2.46. The van der Waals surface area contributed by atoms with E-state index < -0.39 is 22.2 Å². The Kier molecular flexibility index (Phi) is 5.93. The number of carboxylic acid groups (broad SMARTS) is 1. The zero-order valence-electron chi connectivity index (χ0n) is 12.4. The summed E-state index contributed by atoms with van der Waals surface area (Å²) < 4.78 is 28.8. The van der Waals surface area contributed by atoms with E-state index in [0.717, 1.165) is 18.4 Å². The third-order valence-electron chi connectivity index (χ3n) is 3.75. The Bertz CT molecular complexity index is 583. The van der Waals surface area contributed by atoms with Crippen LogP contribution in [0.3, 0.4) is 0 Å². The lowest BCUT2D eigenvalue weighted by molar-refractivity contribution is -0.137. The SMILES string of the molecule is O=C(O)CCC(Cc1ccccc1)NS(=O)(=O)N1CCCC1. The van der Waals surface area contributed by atoms with Crippen molar-refractivity contribution in [1.82, 2.24) is 9.03 Å². The molecule has 1 saturated heterocycles. The second-order valence-electron chi connectivity index (χ2n) is 5.55. The smallest absolute Gasteiger partial charge is 0.303 e. The fourth-order valence-electron chi connectivity index (χ4n) is 2.61. The second-order valence-corrected chi connectivity index (χ2v) is 7.25. The van der Waals surface area contributed by atoms with Crippen LogP contribution in [0.5, 0.6) is 0 Å². The summed E-state index contributed by atoms with van der Waals surface area (Å²) in [5.74, 6) is -0.918. The molecule has 0 spiro atoms. The molecular weight excluding hydrogens is 304 g/mol. The number of hydrogen-bond acceptors (Lipinski definition) is 3. The maximum absolute atomic E-state index is 12.3. The average Bonchev–Trinajstić information content (AvgIpc) is 3.00. The molecule has 7 heteroatoms. The minimum Gasteiger partial charge on any atom is -0.481 e. The molecule has 1 aliphatic heterocycles. The first-order valence-corrected chi connectivity index (χ1v) is 8.94. The molecule has 0 bridgehead atoms. The van der Waals surface area contributed by atoms with Gasteiger partial charge in [0.25, 0.3) is 10.2 Å². The first-order valence-electron chi connectivity index (χ1n) is 7.50. The molecule has 0 saturated carbocycles. The molecule has 0 aromatic heterocycles. The fourth-order valence-corrected chi connectivity index (χ4v) is 4.12. The van der Waals surface area contributed by atoms with Crippen molar-refractivity contribution in [1.29, 1.82) is 0 Å². The van der Waals surface area contributed by atoms with Crippen molar-refractivity contribution in [2.45, 2.75) is 38.1 Å². The Labute approximate surface area is 131 Å². The quantitative estimate of drug-likeness (QED) is 0.756. The lowest BCUT2D eigenvalue weighted by Gasteiger charge is -2.22. The standard InChI is InChI=1S/C15H22N2O4S/c18-15(19)9-8-14(12-13-6-2-1-3-7-13)16-22(20,21)17-10-4-5-11-17/h1-3,6-7,14,16H,4-5,8-12H2,(H,18,19). The number of rotatable bonds is 8. The molecule has 1 aromatic rings. The van der Waals surface area contributed by atoms with E-state index in [1.54, 1.807) is 0 Å². The lowest BCUT2D eigenvalue weighted by atomic mass is 10.0. The predicted molar refractivity (Wildman–Crippen MR) is 83.7 cm³/mol. The largest absolute Gasteiger partial charge is 0.481 e. The molecule has 122 valence electrons. The zero-order valence-corrected chi connectivity index (χ0v) is 13.3. The van der Waals surface area contributed by atoms with Gasteiger partial charge in [-0.1, -0.05) is 30.3 Å². The fraction of sp³-hybridized carbons (Fsp3) is 0.533. The molecule has 1 unspecified atom stereocenters. The van der Waals surface area contributed by atoms with E-state index in [0.29, 0.717) is 19.5 Å². The van der Waals surface area contributed by atoms with Gasteiger partial charge in [0.05, 0.1) is 0 Å². The van der Waals surface area contributed by atoms with Crippen LogP contribution in [0.4, 0.5) is 0 Å². The van der Waals surface area contributed by atoms with Crippen LogP contribution in [0.25, 0.3) is 0 Å². The molecule has 0 amide bonds. The van der Waals surface area contributed by atoms with Gasteiger partial charge in [0.15, 0.2) is 0 Å². The minimum atomic E-state index is -3.54. The zero-order chi connectivity index (χ0) is 16.0. The molecule has 1 aliphatic rings. The van der Waals surface area contributed by atoms with Crippen molar-refractivity contribution in [3.05, 3.63) is 35.9 Å². The Morgan fingerprint density at radius 2 is 1.86 bits per heavy atom. The molecule has 1 heterocycles. The highest BCUT2D eigenvalue weighted by molar-refractivity contribution is 7.87. The third-order valence-corrected chi connectivity index (χ3v) is 5.43. The van der Waals surface area contributed by atoms with E-state index in [2.05, 4.69) is 4.72 Å². The number of hydrogen-bond donors (Lipinski definition) is 2. The van der Waals surface area contributed by atoms with Crippen molar-refractivity contribution < 1.29 is 18.3 Å². The number of aliphatic carboxylic acids is 1. The predicted octanol–water partition coefficient (Wildman–Crippen LogP) is 1.39. The van der Waals surface area contributed by atoms with E-state index in [-0.39, 0.29) is 12.8 Å². The summed E-state index contributed by atoms with van der Waals surface area (Å²) >= 11 is 0. The van der Waals surface area contributed by atoms with E-state index in [4.69, 9.17) is 5.11 Å². The minimum absolute atomic E-state index is 0.0555. The van der Waals surface area contributed by atoms with E-state index in [1.807, 2.05) is 30.3 Å². The average molecular weight is 326 g/mol. The van der Waals surface area contributed by atoms with Gasteiger partial charge in [0, 0.05) is 25.6 Å². The topological polar surface area (TPSA) is 86.7 Å². The van der Waals surface area contributed by atoms with Crippen LogP contribution in [0.2, 0.25) is 0 Å². The van der Waals surface area contributed by atoms with Crippen LogP contribution in [0.1, 0.15) is 31.2 Å². The molecular formula is C15H22N2O4S. The normalized spacial score (nSPS) is 17.5. The van der Waals surface area contributed by atoms with E-state index in [1.165, 1.54) is 4.31 Å². The molecule has 6 nitrogen and oxygen atoms in total. The van der Waals surface area contributed by atoms with Crippen LogP contribution in [0, 0.1) is 0 Å². The van der Waals surface area contributed by atoms with Gasteiger partial charge in [0.2, 0.25) is 0 Å². The Morgan fingerprint density at radius 3 is 2.45 bits per heavy atom. The maximum atomic E-state index is 12.3. The summed E-state index contributed by atoms with van der Waals surface area (Å²) in [6.45, 7) is 1.07. The summed E-state index contributed by atoms with van der Waals surface area (Å²) in [6, 6.07) is 9.08. The van der Waals surface area contributed by atoms with Crippen LogP contribution in [0.15, 0.2) is 30.3 Å². The third kappa shape index (κ3) is 5.08. The van der Waals surface area contributed by atoms with Gasteiger partial charge >= 0.3 is 5.97 Å². The van der Waals surface area contributed by atoms with Crippen LogP contribution < -0.4 is 4.72 Å². The molecule has 1 fully saturated rings. The van der Waals surface area contributed by atoms with Gasteiger partial charge in [-0.25, -0.2) is 0 Å². The summed E-state index contributed by atoms with van der Waals surface area (Å²) in [4.78, 5) is 10.8. The molecule has 1 aromatic carbocycles. The van der Waals surface area contributed by atoms with Crippen molar-refractivity contribution in [2.24, 2.45) is 0 Å². The highest BCUT2D eigenvalue weighted by Crippen LogP contribution is 2.14. The van der Waals surface area contributed by atoms with Crippen molar-refractivity contribution in [3.8, 4) is 0 Å². The first kappa shape index (κ1) is 16.9. The number of nitrogens with one attached hydrogen (secondary N) is 1. The maximum Gasteiger partial charge on any atom is 0.303 e. The Morgan fingerprint density at radius 1 is 1.23 bits per heavy atom. The van der Waals surface area contributed by atoms with Crippen LogP contribution >= 0.6 is 0 Å². The van der Waals surface area contributed by atoms with Gasteiger partial charge in [-0.05, 0) is 31.2 Å². The highest BCUT2D eigenvalue weighted by Gasteiger charge is 2.28. The Hall–Kier alpha value is -1.44. The highest BCUT2D eigenvalue weighted by atomic mass is 32.2. The number of carboxylic acids is 1. The van der Waals surface area contributed by atoms with Gasteiger partial charge in [-0.2, -0.15) is 17.4 Å². The van der Waals surface area contributed by atoms with E-state index in [9.17, 15) is 13.2 Å². The van der Waals surface area contributed by atoms with Crippen molar-refractivity contribution in [2.75, 3.05) is 13.1 Å². The van der Waals surface area contributed by atoms with Crippen LogP contribution in [-0.4, -0.2) is 42.9 Å². The molecule has 22 heavy (non-hydrogen) atoms. The molecule has 0 aliphatic carbocycles. The van der Waals surface area contributed by atoms with E-state index >= 15 is 0 Å². The molecule has 2 N–H and O–H groups in total. The number of nitrogens with zero attached hydrogens (tertiary/aromatic N) is 1. The van der Waals surface area contributed by atoms with Crippen molar-refractivity contribution >= 4 is 16.2 Å². The van der Waals surface area contributed by atoms with Gasteiger partial charge in [0.1, 0.15) is 0 Å². The van der Waals surface area contributed by atoms with Crippen molar-refractivity contribution in [3.63, 3.8) is 0 Å². The second kappa shape index (κ2) is 7.71. The number of benzene rings is 1. The summed E-state index contributed by atoms with van der Waals surface area (Å²) in [7, 11) is -3.54. The molecule has 1 atom stereocenters. The van der Waals surface area contributed by atoms with Crippen LogP contribution in [-0.2, 0) is 21.4 Å². The molecule has 0 radical (unpaired) electrons. The molecule has 2 rings (SSSR count). The van der Waals surface area contributed by atoms with Gasteiger partial charge in [-0.3, -0.25) is 4.79 Å². The van der Waals surface area contributed by atoms with Gasteiger partial charge < -0.3 is 5.11 Å². The first-order chi connectivity index (χ1) is 10.5. The van der Waals surface area contributed by atoms with Gasteiger partial charge in [-0.15, -0.1) is 0 Å². The summed E-state index contributed by atoms with van der Waals surface area (Å²) in [5, 5.41) is 8.85. The Balaban J connectivity index is 2.04. The number of carbonyl (C=O) groups is 1. The lowest BCUT2D eigenvalue weighted by Crippen LogP contribution is -2.45. The summed E-state index contributed by atoms with van der Waals surface area (Å²) in [5.41, 5.74) is 0.988. The monoisotopic (exact) mass is 326 g/mol.